The van der Waals surface area contributed by atoms with Gasteiger partial charge in [-0.1, -0.05) is 0 Å². The topological polar surface area (TPSA) is 49.6 Å². The van der Waals surface area contributed by atoms with Gasteiger partial charge >= 0.3 is 0 Å². The van der Waals surface area contributed by atoms with Crippen LogP contribution in [0, 0.1) is 5.82 Å². The summed E-state index contributed by atoms with van der Waals surface area (Å²) in [6.07, 6.45) is 1.73. The predicted octanol–water partition coefficient (Wildman–Crippen LogP) is 1.46. The second kappa shape index (κ2) is 4.84. The average molecular weight is 251 g/mol. The van der Waals surface area contributed by atoms with Gasteiger partial charge in [-0.3, -0.25) is 4.79 Å². The van der Waals surface area contributed by atoms with Crippen molar-refractivity contribution in [2.75, 3.05) is 31.3 Å². The van der Waals surface area contributed by atoms with Gasteiger partial charge in [-0.25, -0.2) is 4.39 Å². The molecule has 2 N–H and O–H groups in total. The van der Waals surface area contributed by atoms with Crippen molar-refractivity contribution in [1.82, 2.24) is 4.90 Å². The molecule has 4 nitrogen and oxygen atoms in total. The van der Waals surface area contributed by atoms with E-state index < -0.39 is 0 Å². The van der Waals surface area contributed by atoms with E-state index in [-0.39, 0.29) is 17.8 Å². The lowest BCUT2D eigenvalue weighted by molar-refractivity contribution is -0.129. The summed E-state index contributed by atoms with van der Waals surface area (Å²) in [5, 5.41) is 0. The Morgan fingerprint density at radius 1 is 1.44 bits per heavy atom. The molecular formula is C13H18FN3O. The first-order valence-corrected chi connectivity index (χ1v) is 6.03. The normalized spacial score (nSPS) is 19.1. The van der Waals surface area contributed by atoms with Gasteiger partial charge in [-0.15, -0.1) is 0 Å². The molecule has 0 aliphatic carbocycles. The molecule has 1 fully saturated rings. The summed E-state index contributed by atoms with van der Waals surface area (Å²) in [6.45, 7) is 0.757. The SMILES string of the molecule is CN(C)C(=O)C1CCCN1c1cc(N)cc(F)c1. The maximum atomic E-state index is 13.4. The van der Waals surface area contributed by atoms with E-state index in [1.165, 1.54) is 12.1 Å². The minimum absolute atomic E-state index is 0.0512. The molecule has 1 heterocycles. The highest BCUT2D eigenvalue weighted by Gasteiger charge is 2.32. The minimum Gasteiger partial charge on any atom is -0.399 e. The molecule has 0 radical (unpaired) electrons. The van der Waals surface area contributed by atoms with Gasteiger partial charge in [-0.05, 0) is 31.0 Å². The Balaban J connectivity index is 2.28. The van der Waals surface area contributed by atoms with Crippen LogP contribution in [0.15, 0.2) is 18.2 Å². The highest BCUT2D eigenvalue weighted by molar-refractivity contribution is 5.85. The molecule has 1 amide bonds. The maximum absolute atomic E-state index is 13.4. The van der Waals surface area contributed by atoms with Crippen LogP contribution in [0.4, 0.5) is 15.8 Å². The second-order valence-corrected chi connectivity index (χ2v) is 4.83. The van der Waals surface area contributed by atoms with Gasteiger partial charge in [0.1, 0.15) is 11.9 Å². The van der Waals surface area contributed by atoms with E-state index in [0.717, 1.165) is 19.4 Å². The van der Waals surface area contributed by atoms with Crippen LogP contribution in [0.3, 0.4) is 0 Å². The monoisotopic (exact) mass is 251 g/mol. The van der Waals surface area contributed by atoms with Gasteiger partial charge in [0.2, 0.25) is 5.91 Å². The molecule has 1 aromatic carbocycles. The van der Waals surface area contributed by atoms with Crippen LogP contribution in [0.25, 0.3) is 0 Å². The third kappa shape index (κ3) is 2.39. The zero-order valence-corrected chi connectivity index (χ0v) is 10.7. The average Bonchev–Trinajstić information content (AvgIpc) is 2.75. The van der Waals surface area contributed by atoms with Crippen LogP contribution in [0.1, 0.15) is 12.8 Å². The number of nitrogens with two attached hydrogens (primary N) is 1. The molecule has 18 heavy (non-hydrogen) atoms. The summed E-state index contributed by atoms with van der Waals surface area (Å²) in [4.78, 5) is 15.6. The Bertz CT molecular complexity index is 441. The third-order valence-electron chi connectivity index (χ3n) is 3.22. The molecule has 0 spiro atoms. The third-order valence-corrected chi connectivity index (χ3v) is 3.22. The lowest BCUT2D eigenvalue weighted by atomic mass is 10.1. The Morgan fingerprint density at radius 2 is 2.17 bits per heavy atom. The van der Waals surface area contributed by atoms with Crippen molar-refractivity contribution in [3.05, 3.63) is 24.0 Å². The number of carbonyl (C=O) groups excluding carboxylic acids is 1. The Morgan fingerprint density at radius 3 is 2.78 bits per heavy atom. The molecule has 0 saturated carbocycles. The standard InChI is InChI=1S/C13H18FN3O/c1-16(2)13(18)12-4-3-5-17(12)11-7-9(14)6-10(15)8-11/h6-8,12H,3-5,15H2,1-2H3. The molecule has 1 aromatic rings. The van der Waals surface area contributed by atoms with Crippen molar-refractivity contribution >= 4 is 17.3 Å². The number of likely N-dealkylation sites (N-methyl/N-ethyl adjacent to an activating group) is 1. The summed E-state index contributed by atoms with van der Waals surface area (Å²) >= 11 is 0. The summed E-state index contributed by atoms with van der Waals surface area (Å²) in [5.41, 5.74) is 6.71. The summed E-state index contributed by atoms with van der Waals surface area (Å²) in [6, 6.07) is 4.21. The molecule has 98 valence electrons. The van der Waals surface area contributed by atoms with Crippen LogP contribution in [-0.2, 0) is 4.79 Å². The Kier molecular flexibility index (Phi) is 3.41. The predicted molar refractivity (Wildman–Crippen MR) is 69.9 cm³/mol. The summed E-state index contributed by atoms with van der Waals surface area (Å²) in [5.74, 6) is -0.316. The smallest absolute Gasteiger partial charge is 0.244 e. The minimum atomic E-state index is -0.368. The number of nitrogen functional groups attached to an aromatic ring is 1. The largest absolute Gasteiger partial charge is 0.399 e. The number of carbonyl (C=O) groups is 1. The van der Waals surface area contributed by atoms with Crippen LogP contribution < -0.4 is 10.6 Å². The first-order chi connectivity index (χ1) is 8.49. The van der Waals surface area contributed by atoms with Crippen molar-refractivity contribution in [2.45, 2.75) is 18.9 Å². The van der Waals surface area contributed by atoms with Crippen LogP contribution in [0.2, 0.25) is 0 Å². The molecule has 1 saturated heterocycles. The van der Waals surface area contributed by atoms with Crippen molar-refractivity contribution in [1.29, 1.82) is 0 Å². The van der Waals surface area contributed by atoms with Gasteiger partial charge in [0.25, 0.3) is 0 Å². The van der Waals surface area contributed by atoms with E-state index in [1.807, 2.05) is 4.90 Å². The molecule has 1 aliphatic rings. The van der Waals surface area contributed by atoms with Crippen molar-refractivity contribution < 1.29 is 9.18 Å². The molecule has 2 rings (SSSR count). The highest BCUT2D eigenvalue weighted by Crippen LogP contribution is 2.28. The van der Waals surface area contributed by atoms with E-state index in [9.17, 15) is 9.18 Å². The zero-order chi connectivity index (χ0) is 13.3. The van der Waals surface area contributed by atoms with Gasteiger partial charge in [0.05, 0.1) is 0 Å². The number of hydrogen-bond acceptors (Lipinski definition) is 3. The van der Waals surface area contributed by atoms with E-state index in [2.05, 4.69) is 0 Å². The molecular weight excluding hydrogens is 233 g/mol. The number of anilines is 2. The van der Waals surface area contributed by atoms with Crippen molar-refractivity contribution in [3.63, 3.8) is 0 Å². The van der Waals surface area contributed by atoms with Gasteiger partial charge in [0, 0.05) is 32.0 Å². The zero-order valence-electron chi connectivity index (χ0n) is 10.7. The Labute approximate surface area is 106 Å². The molecule has 1 atom stereocenters. The van der Waals surface area contributed by atoms with E-state index in [0.29, 0.717) is 11.4 Å². The number of halogens is 1. The summed E-state index contributed by atoms with van der Waals surface area (Å²) in [7, 11) is 3.47. The van der Waals surface area contributed by atoms with Gasteiger partial charge < -0.3 is 15.5 Å². The number of nitrogens with zero attached hydrogens (tertiary/aromatic N) is 2. The molecule has 1 aliphatic heterocycles. The number of amides is 1. The number of hydrogen-bond donors (Lipinski definition) is 1. The van der Waals surface area contributed by atoms with E-state index in [1.54, 1.807) is 25.1 Å². The first kappa shape index (κ1) is 12.7. The lowest BCUT2D eigenvalue weighted by Crippen LogP contribution is -2.42. The fourth-order valence-electron chi connectivity index (χ4n) is 2.39. The lowest BCUT2D eigenvalue weighted by Gasteiger charge is -2.28. The quantitative estimate of drug-likeness (QED) is 0.810. The molecule has 0 bridgehead atoms. The van der Waals surface area contributed by atoms with E-state index in [4.69, 9.17) is 5.73 Å². The van der Waals surface area contributed by atoms with E-state index >= 15 is 0 Å². The van der Waals surface area contributed by atoms with Crippen molar-refractivity contribution in [2.24, 2.45) is 0 Å². The fourth-order valence-corrected chi connectivity index (χ4v) is 2.39. The van der Waals surface area contributed by atoms with Crippen LogP contribution in [0.5, 0.6) is 0 Å². The van der Waals surface area contributed by atoms with Gasteiger partial charge in [-0.2, -0.15) is 0 Å². The molecule has 0 aromatic heterocycles. The maximum Gasteiger partial charge on any atom is 0.244 e. The fraction of sp³-hybridized carbons (Fsp3) is 0.462. The van der Waals surface area contributed by atoms with Gasteiger partial charge in [0.15, 0.2) is 0 Å². The summed E-state index contributed by atoms with van der Waals surface area (Å²) < 4.78 is 13.4. The number of rotatable bonds is 2. The molecule has 1 unspecified atom stereocenters. The van der Waals surface area contributed by atoms with Crippen LogP contribution >= 0.6 is 0 Å². The first-order valence-electron chi connectivity index (χ1n) is 6.03. The van der Waals surface area contributed by atoms with Crippen LogP contribution in [-0.4, -0.2) is 37.5 Å². The Hall–Kier alpha value is -1.78. The molecule has 5 heteroatoms. The van der Waals surface area contributed by atoms with Crippen molar-refractivity contribution in [3.8, 4) is 0 Å². The highest BCUT2D eigenvalue weighted by atomic mass is 19.1. The second-order valence-electron chi connectivity index (χ2n) is 4.83. The number of benzene rings is 1.